The number of methoxy groups -OCH3 is 1. The predicted molar refractivity (Wildman–Crippen MR) is 74.0 cm³/mol. The van der Waals surface area contributed by atoms with E-state index in [1.807, 2.05) is 6.92 Å². The van der Waals surface area contributed by atoms with Gasteiger partial charge in [0.05, 0.1) is 6.61 Å². The number of hydrogen-bond acceptors (Lipinski definition) is 4. The van der Waals surface area contributed by atoms with Gasteiger partial charge in [0, 0.05) is 30.8 Å². The fourth-order valence-electron chi connectivity index (χ4n) is 1.76. The fourth-order valence-corrected chi connectivity index (χ4v) is 1.76. The molecule has 1 rings (SSSR count). The van der Waals surface area contributed by atoms with Crippen LogP contribution in [0.4, 0.5) is 4.39 Å². The Bertz CT molecular complexity index is 452. The molecule has 0 saturated heterocycles. The summed E-state index contributed by atoms with van der Waals surface area (Å²) < 4.78 is 23.5. The number of benzene rings is 1. The summed E-state index contributed by atoms with van der Waals surface area (Å²) >= 11 is 0. The molecule has 0 aliphatic heterocycles. The molecular weight excluding hydrogens is 263 g/mol. The second-order valence-corrected chi connectivity index (χ2v) is 4.68. The minimum atomic E-state index is -0.433. The minimum Gasteiger partial charge on any atom is -0.483 e. The molecule has 3 N–H and O–H groups in total. The van der Waals surface area contributed by atoms with Crippen molar-refractivity contribution in [3.05, 3.63) is 29.6 Å². The number of rotatable bonds is 7. The summed E-state index contributed by atoms with van der Waals surface area (Å²) in [4.78, 5) is 11.7. The molecule has 1 aromatic rings. The van der Waals surface area contributed by atoms with Crippen molar-refractivity contribution in [3.63, 3.8) is 0 Å². The number of amides is 1. The zero-order chi connectivity index (χ0) is 15.1. The SMILES string of the molecule is COCC(C)NC(=O)COc1cc(F)ccc1[C@@H](C)N. The van der Waals surface area contributed by atoms with Crippen LogP contribution in [-0.4, -0.2) is 32.3 Å². The molecule has 1 amide bonds. The van der Waals surface area contributed by atoms with Gasteiger partial charge in [0.25, 0.3) is 5.91 Å². The first-order valence-electron chi connectivity index (χ1n) is 6.40. The molecule has 20 heavy (non-hydrogen) atoms. The molecular formula is C14H21FN2O3. The van der Waals surface area contributed by atoms with Crippen LogP contribution >= 0.6 is 0 Å². The van der Waals surface area contributed by atoms with Crippen LogP contribution in [0.5, 0.6) is 5.75 Å². The molecule has 0 aliphatic carbocycles. The number of ether oxygens (including phenoxy) is 2. The van der Waals surface area contributed by atoms with Crippen molar-refractivity contribution >= 4 is 5.91 Å². The van der Waals surface area contributed by atoms with Gasteiger partial charge < -0.3 is 20.5 Å². The average molecular weight is 284 g/mol. The third-order valence-electron chi connectivity index (χ3n) is 2.65. The van der Waals surface area contributed by atoms with Crippen molar-refractivity contribution in [2.45, 2.75) is 25.9 Å². The first-order chi connectivity index (χ1) is 9.43. The van der Waals surface area contributed by atoms with Crippen molar-refractivity contribution in [2.24, 2.45) is 5.73 Å². The molecule has 0 fully saturated rings. The standard InChI is InChI=1S/C14H21FN2O3/c1-9(7-19-3)17-14(18)8-20-13-6-11(15)4-5-12(13)10(2)16/h4-6,9-10H,7-8,16H2,1-3H3,(H,17,18)/t9?,10-/m1/s1. The van der Waals surface area contributed by atoms with Crippen LogP contribution in [0.3, 0.4) is 0 Å². The fraction of sp³-hybridized carbons (Fsp3) is 0.500. The number of nitrogens with one attached hydrogen (secondary N) is 1. The molecule has 0 aromatic heterocycles. The Kier molecular flexibility index (Phi) is 6.41. The molecule has 2 atom stereocenters. The van der Waals surface area contributed by atoms with Gasteiger partial charge in [-0.3, -0.25) is 4.79 Å². The molecule has 1 unspecified atom stereocenters. The summed E-state index contributed by atoms with van der Waals surface area (Å²) in [6.07, 6.45) is 0. The van der Waals surface area contributed by atoms with Crippen LogP contribution < -0.4 is 15.8 Å². The molecule has 5 nitrogen and oxygen atoms in total. The average Bonchev–Trinajstić information content (AvgIpc) is 2.36. The van der Waals surface area contributed by atoms with Gasteiger partial charge in [-0.1, -0.05) is 6.07 Å². The topological polar surface area (TPSA) is 73.6 Å². The van der Waals surface area contributed by atoms with Crippen LogP contribution in [0.25, 0.3) is 0 Å². The summed E-state index contributed by atoms with van der Waals surface area (Å²) in [5.74, 6) is -0.443. The lowest BCUT2D eigenvalue weighted by atomic mass is 10.1. The van der Waals surface area contributed by atoms with Gasteiger partial charge in [-0.05, 0) is 19.9 Å². The largest absolute Gasteiger partial charge is 0.483 e. The van der Waals surface area contributed by atoms with E-state index in [-0.39, 0.29) is 30.3 Å². The Morgan fingerprint density at radius 3 is 2.75 bits per heavy atom. The van der Waals surface area contributed by atoms with E-state index in [0.717, 1.165) is 0 Å². The van der Waals surface area contributed by atoms with Crippen LogP contribution in [-0.2, 0) is 9.53 Å². The second kappa shape index (κ2) is 7.81. The minimum absolute atomic E-state index is 0.114. The molecule has 0 aliphatic rings. The van der Waals surface area contributed by atoms with Crippen LogP contribution in [0.1, 0.15) is 25.5 Å². The van der Waals surface area contributed by atoms with Gasteiger partial charge in [0.2, 0.25) is 0 Å². The number of carbonyl (C=O) groups excluding carboxylic acids is 1. The molecule has 0 bridgehead atoms. The highest BCUT2D eigenvalue weighted by Gasteiger charge is 2.12. The van der Waals surface area contributed by atoms with Crippen molar-refractivity contribution in [1.29, 1.82) is 0 Å². The summed E-state index contributed by atoms with van der Waals surface area (Å²) in [5, 5.41) is 2.70. The second-order valence-electron chi connectivity index (χ2n) is 4.68. The van der Waals surface area contributed by atoms with E-state index in [1.165, 1.54) is 12.1 Å². The highest BCUT2D eigenvalue weighted by molar-refractivity contribution is 5.77. The number of hydrogen-bond donors (Lipinski definition) is 2. The van der Waals surface area contributed by atoms with Crippen molar-refractivity contribution in [1.82, 2.24) is 5.32 Å². The Morgan fingerprint density at radius 1 is 1.45 bits per heavy atom. The monoisotopic (exact) mass is 284 g/mol. The molecule has 0 saturated carbocycles. The zero-order valence-electron chi connectivity index (χ0n) is 12.0. The number of halogens is 1. The molecule has 0 heterocycles. The van der Waals surface area contributed by atoms with Crippen LogP contribution in [0.15, 0.2) is 18.2 Å². The van der Waals surface area contributed by atoms with Gasteiger partial charge in [-0.15, -0.1) is 0 Å². The molecule has 112 valence electrons. The molecule has 6 heteroatoms. The van der Waals surface area contributed by atoms with Gasteiger partial charge in [-0.2, -0.15) is 0 Å². The number of carbonyl (C=O) groups is 1. The van der Waals surface area contributed by atoms with Crippen LogP contribution in [0.2, 0.25) is 0 Å². The van der Waals surface area contributed by atoms with Gasteiger partial charge in [0.15, 0.2) is 6.61 Å². The van der Waals surface area contributed by atoms with Crippen molar-refractivity contribution < 1.29 is 18.7 Å². The summed E-state index contributed by atoms with van der Waals surface area (Å²) in [6, 6.07) is 3.68. The summed E-state index contributed by atoms with van der Waals surface area (Å²) in [6.45, 7) is 3.80. The first-order valence-corrected chi connectivity index (χ1v) is 6.40. The number of nitrogens with two attached hydrogens (primary N) is 1. The van der Waals surface area contributed by atoms with E-state index in [4.69, 9.17) is 15.2 Å². The quantitative estimate of drug-likeness (QED) is 0.793. The smallest absolute Gasteiger partial charge is 0.258 e. The van der Waals surface area contributed by atoms with E-state index in [9.17, 15) is 9.18 Å². The highest BCUT2D eigenvalue weighted by atomic mass is 19.1. The van der Waals surface area contributed by atoms with E-state index in [1.54, 1.807) is 20.1 Å². The zero-order valence-corrected chi connectivity index (χ0v) is 12.0. The van der Waals surface area contributed by atoms with Gasteiger partial charge in [0.1, 0.15) is 11.6 Å². The lowest BCUT2D eigenvalue weighted by Gasteiger charge is -2.16. The van der Waals surface area contributed by atoms with E-state index in [2.05, 4.69) is 5.32 Å². The maximum absolute atomic E-state index is 13.2. The third kappa shape index (κ3) is 5.14. The van der Waals surface area contributed by atoms with Crippen molar-refractivity contribution in [2.75, 3.05) is 20.3 Å². The van der Waals surface area contributed by atoms with Crippen molar-refractivity contribution in [3.8, 4) is 5.75 Å². The Morgan fingerprint density at radius 2 is 2.15 bits per heavy atom. The van der Waals surface area contributed by atoms with E-state index < -0.39 is 5.82 Å². The first kappa shape index (κ1) is 16.4. The predicted octanol–water partition coefficient (Wildman–Crippen LogP) is 1.38. The maximum Gasteiger partial charge on any atom is 0.258 e. The lowest BCUT2D eigenvalue weighted by Crippen LogP contribution is -2.38. The van der Waals surface area contributed by atoms with E-state index in [0.29, 0.717) is 12.2 Å². The lowest BCUT2D eigenvalue weighted by molar-refractivity contribution is -0.124. The van der Waals surface area contributed by atoms with Crippen LogP contribution in [0, 0.1) is 5.82 Å². The maximum atomic E-state index is 13.2. The van der Waals surface area contributed by atoms with Gasteiger partial charge in [-0.25, -0.2) is 4.39 Å². The van der Waals surface area contributed by atoms with Gasteiger partial charge >= 0.3 is 0 Å². The Hall–Kier alpha value is -1.66. The Balaban J connectivity index is 2.61. The third-order valence-corrected chi connectivity index (χ3v) is 2.65. The summed E-state index contributed by atoms with van der Waals surface area (Å²) in [7, 11) is 1.56. The van der Waals surface area contributed by atoms with E-state index >= 15 is 0 Å². The summed E-state index contributed by atoms with van der Waals surface area (Å²) in [5.41, 5.74) is 6.43. The normalized spacial score (nSPS) is 13.7. The highest BCUT2D eigenvalue weighted by Crippen LogP contribution is 2.24. The molecule has 0 radical (unpaired) electrons. The molecule has 0 spiro atoms. The molecule has 1 aromatic carbocycles. The Labute approximate surface area is 118 Å².